The first-order valence-electron chi connectivity index (χ1n) is 7.09. The molecule has 0 aromatic carbocycles. The minimum absolute atomic E-state index is 0.111. The summed E-state index contributed by atoms with van der Waals surface area (Å²) in [6.45, 7) is 7.69. The summed E-state index contributed by atoms with van der Waals surface area (Å²) < 4.78 is 5.60. The van der Waals surface area contributed by atoms with E-state index in [9.17, 15) is 4.79 Å². The number of nitrogens with one attached hydrogen (secondary N) is 2. The van der Waals surface area contributed by atoms with E-state index in [1.165, 1.54) is 0 Å². The fourth-order valence-corrected chi connectivity index (χ4v) is 2.14. The van der Waals surface area contributed by atoms with Gasteiger partial charge in [-0.2, -0.15) is 0 Å². The highest BCUT2D eigenvalue weighted by molar-refractivity contribution is 5.91. The third-order valence-corrected chi connectivity index (χ3v) is 3.29. The van der Waals surface area contributed by atoms with Gasteiger partial charge in [0.15, 0.2) is 5.76 Å². The highest BCUT2D eigenvalue weighted by atomic mass is 16.4. The predicted octanol–water partition coefficient (Wildman–Crippen LogP) is 1.21. The van der Waals surface area contributed by atoms with Crippen LogP contribution in [0.25, 0.3) is 0 Å². The van der Waals surface area contributed by atoms with Crippen molar-refractivity contribution in [2.24, 2.45) is 0 Å². The van der Waals surface area contributed by atoms with Crippen molar-refractivity contribution in [2.75, 3.05) is 32.7 Å². The molecule has 0 saturated carbocycles. The van der Waals surface area contributed by atoms with E-state index in [-0.39, 0.29) is 5.91 Å². The molecule has 1 aromatic heterocycles. The molecule has 0 spiro atoms. The number of unbranched alkanes of at least 4 members (excludes halogenated alkanes) is 1. The Morgan fingerprint density at radius 3 is 2.95 bits per heavy atom. The van der Waals surface area contributed by atoms with Crippen LogP contribution in [0.15, 0.2) is 16.5 Å². The molecule has 1 aliphatic heterocycles. The summed E-state index contributed by atoms with van der Waals surface area (Å²) in [7, 11) is 0. The first kappa shape index (κ1) is 14.1. The summed E-state index contributed by atoms with van der Waals surface area (Å²) in [5.74, 6) is 1.17. The minimum atomic E-state index is -0.111. The van der Waals surface area contributed by atoms with Crippen molar-refractivity contribution < 1.29 is 9.21 Å². The molecular formula is C14H23N3O2. The van der Waals surface area contributed by atoms with E-state index in [2.05, 4.69) is 22.5 Å². The average molecular weight is 265 g/mol. The van der Waals surface area contributed by atoms with Gasteiger partial charge in [-0.1, -0.05) is 13.3 Å². The highest BCUT2D eigenvalue weighted by Crippen LogP contribution is 2.11. The predicted molar refractivity (Wildman–Crippen MR) is 74.1 cm³/mol. The molecule has 5 nitrogen and oxygen atoms in total. The summed E-state index contributed by atoms with van der Waals surface area (Å²) in [5, 5.41) is 6.18. The number of piperazine rings is 1. The third kappa shape index (κ3) is 4.36. The zero-order valence-electron chi connectivity index (χ0n) is 11.6. The molecule has 106 valence electrons. The monoisotopic (exact) mass is 265 g/mol. The summed E-state index contributed by atoms with van der Waals surface area (Å²) in [6.07, 6.45) is 2.08. The van der Waals surface area contributed by atoms with Crippen molar-refractivity contribution in [2.45, 2.75) is 26.3 Å². The Bertz CT molecular complexity index is 397. The normalized spacial score (nSPS) is 16.5. The maximum Gasteiger partial charge on any atom is 0.286 e. The average Bonchev–Trinajstić information content (AvgIpc) is 2.89. The molecule has 0 atom stereocenters. The van der Waals surface area contributed by atoms with Gasteiger partial charge in [-0.3, -0.25) is 9.69 Å². The Hall–Kier alpha value is -1.33. The Balaban J connectivity index is 1.82. The van der Waals surface area contributed by atoms with Crippen LogP contribution in [-0.4, -0.2) is 43.5 Å². The molecule has 0 bridgehead atoms. The van der Waals surface area contributed by atoms with E-state index >= 15 is 0 Å². The molecular weight excluding hydrogens is 242 g/mol. The van der Waals surface area contributed by atoms with Crippen molar-refractivity contribution in [1.29, 1.82) is 0 Å². The van der Waals surface area contributed by atoms with Gasteiger partial charge in [0.05, 0.1) is 6.54 Å². The minimum Gasteiger partial charge on any atom is -0.455 e. The zero-order chi connectivity index (χ0) is 13.5. The molecule has 5 heteroatoms. The second kappa shape index (κ2) is 7.31. The summed E-state index contributed by atoms with van der Waals surface area (Å²) >= 11 is 0. The molecule has 0 aliphatic carbocycles. The van der Waals surface area contributed by atoms with Crippen molar-refractivity contribution in [3.8, 4) is 0 Å². The lowest BCUT2D eigenvalue weighted by Crippen LogP contribution is -2.42. The van der Waals surface area contributed by atoms with Crippen molar-refractivity contribution in [3.63, 3.8) is 0 Å². The number of furan rings is 1. The quantitative estimate of drug-likeness (QED) is 0.759. The SMILES string of the molecule is CCCCNC(=O)c1ccc(CN2CCNCC2)o1. The molecule has 1 aliphatic rings. The lowest BCUT2D eigenvalue weighted by atomic mass is 10.3. The Kier molecular flexibility index (Phi) is 5.42. The number of rotatable bonds is 6. The Morgan fingerprint density at radius 1 is 1.42 bits per heavy atom. The molecule has 1 fully saturated rings. The van der Waals surface area contributed by atoms with Gasteiger partial charge in [-0.15, -0.1) is 0 Å². The van der Waals surface area contributed by atoms with Crippen molar-refractivity contribution >= 4 is 5.91 Å². The largest absolute Gasteiger partial charge is 0.455 e. The molecule has 2 heterocycles. The van der Waals surface area contributed by atoms with Crippen LogP contribution in [-0.2, 0) is 6.54 Å². The lowest BCUT2D eigenvalue weighted by molar-refractivity contribution is 0.0921. The first-order chi connectivity index (χ1) is 9.29. The Morgan fingerprint density at radius 2 is 2.21 bits per heavy atom. The van der Waals surface area contributed by atoms with Crippen LogP contribution in [0.3, 0.4) is 0 Å². The lowest BCUT2D eigenvalue weighted by Gasteiger charge is -2.26. The smallest absolute Gasteiger partial charge is 0.286 e. The van der Waals surface area contributed by atoms with E-state index in [0.29, 0.717) is 12.3 Å². The Labute approximate surface area is 114 Å². The van der Waals surface area contributed by atoms with Crippen LogP contribution in [0, 0.1) is 0 Å². The van der Waals surface area contributed by atoms with E-state index in [1.54, 1.807) is 6.07 Å². The van der Waals surface area contributed by atoms with Gasteiger partial charge in [-0.05, 0) is 18.6 Å². The summed E-state index contributed by atoms with van der Waals surface area (Å²) in [6, 6.07) is 3.66. The fraction of sp³-hybridized carbons (Fsp3) is 0.643. The molecule has 19 heavy (non-hydrogen) atoms. The van der Waals surface area contributed by atoms with Crippen LogP contribution < -0.4 is 10.6 Å². The number of nitrogens with zero attached hydrogens (tertiary/aromatic N) is 1. The summed E-state index contributed by atoms with van der Waals surface area (Å²) in [5.41, 5.74) is 0. The van der Waals surface area contributed by atoms with Gasteiger partial charge in [0, 0.05) is 32.7 Å². The molecule has 1 saturated heterocycles. The fourth-order valence-electron chi connectivity index (χ4n) is 2.14. The molecule has 1 aromatic rings. The summed E-state index contributed by atoms with van der Waals surface area (Å²) in [4.78, 5) is 14.1. The number of hydrogen-bond donors (Lipinski definition) is 2. The van der Waals surface area contributed by atoms with Crippen LogP contribution in [0.2, 0.25) is 0 Å². The number of carbonyl (C=O) groups excluding carboxylic acids is 1. The maximum atomic E-state index is 11.8. The maximum absolute atomic E-state index is 11.8. The van der Waals surface area contributed by atoms with E-state index in [0.717, 1.165) is 51.3 Å². The molecule has 1 amide bonds. The van der Waals surface area contributed by atoms with E-state index in [4.69, 9.17) is 4.42 Å². The third-order valence-electron chi connectivity index (χ3n) is 3.29. The van der Waals surface area contributed by atoms with Gasteiger partial charge in [0.1, 0.15) is 5.76 Å². The first-order valence-corrected chi connectivity index (χ1v) is 7.09. The number of hydrogen-bond acceptors (Lipinski definition) is 4. The zero-order valence-corrected chi connectivity index (χ0v) is 11.6. The van der Waals surface area contributed by atoms with Gasteiger partial charge in [0.2, 0.25) is 0 Å². The van der Waals surface area contributed by atoms with Crippen LogP contribution in [0.1, 0.15) is 36.1 Å². The van der Waals surface area contributed by atoms with E-state index < -0.39 is 0 Å². The second-order valence-corrected chi connectivity index (χ2v) is 4.90. The van der Waals surface area contributed by atoms with Crippen LogP contribution >= 0.6 is 0 Å². The molecule has 2 N–H and O–H groups in total. The number of carbonyl (C=O) groups is 1. The molecule has 2 rings (SSSR count). The van der Waals surface area contributed by atoms with Gasteiger partial charge < -0.3 is 15.1 Å². The van der Waals surface area contributed by atoms with Crippen molar-refractivity contribution in [1.82, 2.24) is 15.5 Å². The molecule has 0 unspecified atom stereocenters. The van der Waals surface area contributed by atoms with Gasteiger partial charge in [-0.25, -0.2) is 0 Å². The second-order valence-electron chi connectivity index (χ2n) is 4.90. The standard InChI is InChI=1S/C14H23N3O2/c1-2-3-6-16-14(18)13-5-4-12(19-13)11-17-9-7-15-8-10-17/h4-5,15H,2-3,6-11H2,1H3,(H,16,18). The topological polar surface area (TPSA) is 57.5 Å². The van der Waals surface area contributed by atoms with E-state index in [1.807, 2.05) is 6.07 Å². The van der Waals surface area contributed by atoms with Crippen LogP contribution in [0.5, 0.6) is 0 Å². The van der Waals surface area contributed by atoms with Gasteiger partial charge in [0.25, 0.3) is 5.91 Å². The van der Waals surface area contributed by atoms with Gasteiger partial charge >= 0.3 is 0 Å². The van der Waals surface area contributed by atoms with Crippen LogP contribution in [0.4, 0.5) is 0 Å². The highest BCUT2D eigenvalue weighted by Gasteiger charge is 2.14. The van der Waals surface area contributed by atoms with Crippen molar-refractivity contribution in [3.05, 3.63) is 23.7 Å². The molecule has 0 radical (unpaired) electrons. The number of amides is 1.